The van der Waals surface area contributed by atoms with Gasteiger partial charge in [-0.3, -0.25) is 9.59 Å². The maximum absolute atomic E-state index is 14.5. The second kappa shape index (κ2) is 11.6. The van der Waals surface area contributed by atoms with Gasteiger partial charge in [0.2, 0.25) is 11.8 Å². The fourth-order valence-corrected chi connectivity index (χ4v) is 5.15. The lowest BCUT2D eigenvalue weighted by Gasteiger charge is -2.35. The van der Waals surface area contributed by atoms with Crippen molar-refractivity contribution in [2.24, 2.45) is 5.73 Å². The van der Waals surface area contributed by atoms with Gasteiger partial charge in [0, 0.05) is 6.42 Å². The number of amides is 2. The van der Waals surface area contributed by atoms with E-state index < -0.39 is 17.4 Å². The molecule has 5 aromatic rings. The molecule has 0 aliphatic rings. The molecule has 2 amide bonds. The third-order valence-corrected chi connectivity index (χ3v) is 7.11. The van der Waals surface area contributed by atoms with Gasteiger partial charge in [-0.2, -0.15) is 0 Å². The van der Waals surface area contributed by atoms with Crippen LogP contribution in [0.3, 0.4) is 0 Å². The van der Waals surface area contributed by atoms with E-state index in [1.807, 2.05) is 133 Å². The van der Waals surface area contributed by atoms with Gasteiger partial charge in [-0.15, -0.1) is 0 Å². The zero-order chi connectivity index (χ0) is 27.1. The molecular formula is C35H30N2O2. The minimum absolute atomic E-state index is 0.282. The summed E-state index contributed by atoms with van der Waals surface area (Å²) in [4.78, 5) is 27.2. The first-order chi connectivity index (χ1) is 19.1. The van der Waals surface area contributed by atoms with E-state index in [0.29, 0.717) is 0 Å². The van der Waals surface area contributed by atoms with Crippen LogP contribution in [0.2, 0.25) is 0 Å². The summed E-state index contributed by atoms with van der Waals surface area (Å²) in [5.41, 5.74) is 10.2. The number of hydrogen-bond donors (Lipinski definition) is 2. The monoisotopic (exact) mass is 510 g/mol. The Kier molecular flexibility index (Phi) is 7.65. The molecule has 3 N–H and O–H groups in total. The number of primary amides is 1. The maximum Gasteiger partial charge on any atom is 0.240 e. The largest absolute Gasteiger partial charge is 0.368 e. The Balaban J connectivity index is 1.52. The summed E-state index contributed by atoms with van der Waals surface area (Å²) in [7, 11) is 0. The molecule has 0 radical (unpaired) electrons. The molecule has 0 saturated carbocycles. The quantitative estimate of drug-likeness (QED) is 0.242. The highest BCUT2D eigenvalue weighted by molar-refractivity contribution is 5.98. The van der Waals surface area contributed by atoms with Crippen molar-refractivity contribution in [2.75, 3.05) is 0 Å². The van der Waals surface area contributed by atoms with E-state index in [1.54, 1.807) is 0 Å². The van der Waals surface area contributed by atoms with E-state index in [0.717, 1.165) is 33.4 Å². The number of carbonyl (C=O) groups excluding carboxylic acids is 2. The summed E-state index contributed by atoms with van der Waals surface area (Å²) in [5.74, 6) is -0.894. The van der Waals surface area contributed by atoms with Crippen molar-refractivity contribution in [2.45, 2.75) is 17.9 Å². The first-order valence-corrected chi connectivity index (χ1v) is 13.0. The van der Waals surface area contributed by atoms with Crippen LogP contribution < -0.4 is 11.1 Å². The van der Waals surface area contributed by atoms with Crippen LogP contribution in [0.25, 0.3) is 11.1 Å². The van der Waals surface area contributed by atoms with E-state index >= 15 is 0 Å². The van der Waals surface area contributed by atoms with Crippen LogP contribution in [-0.4, -0.2) is 17.9 Å². The summed E-state index contributed by atoms with van der Waals surface area (Å²) >= 11 is 0. The molecule has 192 valence electrons. The third kappa shape index (κ3) is 5.36. The van der Waals surface area contributed by atoms with Crippen LogP contribution in [0.5, 0.6) is 0 Å². The summed E-state index contributed by atoms with van der Waals surface area (Å²) < 4.78 is 0. The SMILES string of the molecule is NC(=O)[C@H](Cc1ccc(-c2ccccc2)cc1)NC(=O)C(c1ccccc1)(c1ccccc1)c1ccccc1. The molecule has 0 fully saturated rings. The molecule has 0 aliphatic heterocycles. The van der Waals surface area contributed by atoms with E-state index in [1.165, 1.54) is 0 Å². The van der Waals surface area contributed by atoms with E-state index in [2.05, 4.69) is 17.4 Å². The Hall–Kier alpha value is -4.96. The second-order valence-electron chi connectivity index (χ2n) is 9.54. The number of carbonyl (C=O) groups is 2. The molecule has 0 unspecified atom stereocenters. The zero-order valence-corrected chi connectivity index (χ0v) is 21.5. The Labute approximate surface area is 229 Å². The standard InChI is InChI=1S/C35H30N2O2/c36-33(38)32(25-26-21-23-28(24-22-26)27-13-5-1-6-14-27)37-34(39)35(29-15-7-2-8-16-29,30-17-9-3-10-18-30)31-19-11-4-12-20-31/h1-24,32H,25H2,(H2,36,38)(H,37,39)/t32-/m0/s1. The third-order valence-electron chi connectivity index (χ3n) is 7.11. The normalized spacial score (nSPS) is 11.9. The first-order valence-electron chi connectivity index (χ1n) is 13.0. The lowest BCUT2D eigenvalue weighted by atomic mass is 9.68. The maximum atomic E-state index is 14.5. The van der Waals surface area contributed by atoms with Crippen molar-refractivity contribution in [3.63, 3.8) is 0 Å². The van der Waals surface area contributed by atoms with Gasteiger partial charge in [0.25, 0.3) is 0 Å². The van der Waals surface area contributed by atoms with Crippen molar-refractivity contribution in [3.05, 3.63) is 168 Å². The molecule has 0 bridgehead atoms. The van der Waals surface area contributed by atoms with Crippen molar-refractivity contribution in [1.29, 1.82) is 0 Å². The molecule has 39 heavy (non-hydrogen) atoms. The summed E-state index contributed by atoms with van der Waals surface area (Å²) in [5, 5.41) is 3.03. The minimum Gasteiger partial charge on any atom is -0.368 e. The van der Waals surface area contributed by atoms with Crippen LogP contribution in [0.1, 0.15) is 22.3 Å². The molecule has 5 aromatic carbocycles. The van der Waals surface area contributed by atoms with E-state index in [9.17, 15) is 9.59 Å². The van der Waals surface area contributed by atoms with Gasteiger partial charge in [0.15, 0.2) is 0 Å². The number of benzene rings is 5. The minimum atomic E-state index is -1.19. The van der Waals surface area contributed by atoms with Gasteiger partial charge in [-0.1, -0.05) is 146 Å². The molecule has 4 nitrogen and oxygen atoms in total. The molecule has 0 heterocycles. The van der Waals surface area contributed by atoms with Gasteiger partial charge in [0.1, 0.15) is 11.5 Å². The first kappa shape index (κ1) is 25.7. The van der Waals surface area contributed by atoms with Crippen molar-refractivity contribution in [3.8, 4) is 11.1 Å². The van der Waals surface area contributed by atoms with E-state index in [-0.39, 0.29) is 12.3 Å². The number of nitrogens with two attached hydrogens (primary N) is 1. The van der Waals surface area contributed by atoms with Gasteiger partial charge in [-0.05, 0) is 33.4 Å². The van der Waals surface area contributed by atoms with Crippen LogP contribution >= 0.6 is 0 Å². The molecule has 5 rings (SSSR count). The van der Waals surface area contributed by atoms with Crippen LogP contribution in [0.15, 0.2) is 146 Å². The van der Waals surface area contributed by atoms with Crippen LogP contribution in [-0.2, 0) is 21.4 Å². The average Bonchev–Trinajstić information content (AvgIpc) is 3.00. The lowest BCUT2D eigenvalue weighted by Crippen LogP contribution is -2.54. The number of hydrogen-bond acceptors (Lipinski definition) is 2. The van der Waals surface area contributed by atoms with Crippen molar-refractivity contribution < 1.29 is 9.59 Å². The number of nitrogens with one attached hydrogen (secondary N) is 1. The molecule has 1 atom stereocenters. The predicted molar refractivity (Wildman–Crippen MR) is 156 cm³/mol. The van der Waals surface area contributed by atoms with Gasteiger partial charge < -0.3 is 11.1 Å². The Morgan fingerprint density at radius 3 is 1.36 bits per heavy atom. The highest BCUT2D eigenvalue weighted by Gasteiger charge is 2.44. The van der Waals surface area contributed by atoms with Crippen LogP contribution in [0.4, 0.5) is 0 Å². The molecular weight excluding hydrogens is 480 g/mol. The fourth-order valence-electron chi connectivity index (χ4n) is 5.15. The molecule has 0 saturated heterocycles. The lowest BCUT2D eigenvalue weighted by molar-refractivity contribution is -0.129. The average molecular weight is 511 g/mol. The Morgan fingerprint density at radius 1 is 0.564 bits per heavy atom. The summed E-state index contributed by atoms with van der Waals surface area (Å²) in [6.45, 7) is 0. The zero-order valence-electron chi connectivity index (χ0n) is 21.5. The van der Waals surface area contributed by atoms with Gasteiger partial charge >= 0.3 is 0 Å². The smallest absolute Gasteiger partial charge is 0.240 e. The Morgan fingerprint density at radius 2 is 0.949 bits per heavy atom. The molecule has 0 spiro atoms. The number of rotatable bonds is 9. The van der Waals surface area contributed by atoms with Gasteiger partial charge in [-0.25, -0.2) is 0 Å². The highest BCUT2D eigenvalue weighted by atomic mass is 16.2. The Bertz CT molecular complexity index is 1420. The molecule has 4 heteroatoms. The van der Waals surface area contributed by atoms with Crippen molar-refractivity contribution in [1.82, 2.24) is 5.32 Å². The summed E-state index contributed by atoms with van der Waals surface area (Å²) in [6.07, 6.45) is 0.282. The predicted octanol–water partition coefficient (Wildman–Crippen LogP) is 5.90. The van der Waals surface area contributed by atoms with Crippen molar-refractivity contribution >= 4 is 11.8 Å². The molecule has 0 aliphatic carbocycles. The van der Waals surface area contributed by atoms with E-state index in [4.69, 9.17) is 5.73 Å². The molecule has 0 aromatic heterocycles. The fraction of sp³-hybridized carbons (Fsp3) is 0.0857. The van der Waals surface area contributed by atoms with Crippen LogP contribution in [0, 0.1) is 0 Å². The second-order valence-corrected chi connectivity index (χ2v) is 9.54. The van der Waals surface area contributed by atoms with Gasteiger partial charge in [0.05, 0.1) is 0 Å². The summed E-state index contributed by atoms with van der Waals surface area (Å²) in [6, 6.07) is 46.2. The topological polar surface area (TPSA) is 72.2 Å². The highest BCUT2D eigenvalue weighted by Crippen LogP contribution is 2.39.